The van der Waals surface area contributed by atoms with Crippen molar-refractivity contribution in [2.45, 2.75) is 11.3 Å². The molecule has 3 aromatic carbocycles. The fourth-order valence-corrected chi connectivity index (χ4v) is 4.16. The summed E-state index contributed by atoms with van der Waals surface area (Å²) in [6.45, 7) is 0.907. The lowest BCUT2D eigenvalue weighted by Crippen LogP contribution is -2.18. The minimum absolute atomic E-state index is 0.0594. The van der Waals surface area contributed by atoms with Gasteiger partial charge in [0, 0.05) is 24.4 Å². The molecule has 3 aromatic rings. The quantitative estimate of drug-likeness (QED) is 0.364. The van der Waals surface area contributed by atoms with Crippen LogP contribution in [0.5, 0.6) is 0 Å². The number of anilines is 2. The van der Waals surface area contributed by atoms with Crippen LogP contribution in [0, 0.1) is 10.1 Å². The van der Waals surface area contributed by atoms with Crippen molar-refractivity contribution in [2.75, 3.05) is 30.7 Å². The number of carbonyl (C=O) groups excluding carboxylic acids is 1. The fraction of sp³-hybridized carbons (Fsp3) is 0.174. The maximum atomic E-state index is 12.9. The van der Waals surface area contributed by atoms with Crippen molar-refractivity contribution in [3.05, 3.63) is 94.0 Å². The summed E-state index contributed by atoms with van der Waals surface area (Å²) in [7, 11) is -0.157. The normalized spacial score (nSPS) is 11.2. The standard InChI is InChI=1S/C23H24N4O5S/c1-26(2)15-14-17-10-12-18(13-11-17)24-23(28)21-8-3-4-9-22(21)25-33(31,32)20-7-5-6-19(16-20)27(29)30/h3-13,16,25H,14-15H2,1-2H3,(H,24,28). The number of hydrogen-bond donors (Lipinski definition) is 2. The van der Waals surface area contributed by atoms with Crippen molar-refractivity contribution in [1.82, 2.24) is 4.90 Å². The zero-order chi connectivity index (χ0) is 24.0. The molecular formula is C23H24N4O5S. The van der Waals surface area contributed by atoms with E-state index in [0.717, 1.165) is 24.6 Å². The van der Waals surface area contributed by atoms with Crippen molar-refractivity contribution in [3.63, 3.8) is 0 Å². The van der Waals surface area contributed by atoms with Crippen molar-refractivity contribution in [3.8, 4) is 0 Å². The van der Waals surface area contributed by atoms with Gasteiger partial charge in [0.25, 0.3) is 21.6 Å². The third kappa shape index (κ3) is 6.37. The Balaban J connectivity index is 1.78. The van der Waals surface area contributed by atoms with Gasteiger partial charge in [-0.2, -0.15) is 0 Å². The molecule has 172 valence electrons. The van der Waals surface area contributed by atoms with Gasteiger partial charge < -0.3 is 10.2 Å². The number of amides is 1. The van der Waals surface area contributed by atoms with Gasteiger partial charge in [-0.25, -0.2) is 8.42 Å². The highest BCUT2D eigenvalue weighted by Crippen LogP contribution is 2.23. The number of likely N-dealkylation sites (N-methyl/N-ethyl adjacent to an activating group) is 1. The summed E-state index contributed by atoms with van der Waals surface area (Å²) in [4.78, 5) is 25.0. The summed E-state index contributed by atoms with van der Waals surface area (Å²) < 4.78 is 27.9. The van der Waals surface area contributed by atoms with Crippen molar-refractivity contribution in [2.24, 2.45) is 0 Å². The third-order valence-corrected chi connectivity index (χ3v) is 6.18. The van der Waals surface area contributed by atoms with E-state index in [1.807, 2.05) is 26.2 Å². The number of carbonyl (C=O) groups is 1. The van der Waals surface area contributed by atoms with E-state index in [1.165, 1.54) is 30.3 Å². The molecular weight excluding hydrogens is 444 g/mol. The lowest BCUT2D eigenvalue weighted by Gasteiger charge is -2.13. The number of nitrogens with zero attached hydrogens (tertiary/aromatic N) is 2. The van der Waals surface area contributed by atoms with Gasteiger partial charge in [0.05, 0.1) is 21.1 Å². The first-order chi connectivity index (χ1) is 15.7. The molecule has 9 nitrogen and oxygen atoms in total. The van der Waals surface area contributed by atoms with Gasteiger partial charge in [-0.1, -0.05) is 30.3 Å². The van der Waals surface area contributed by atoms with Crippen molar-refractivity contribution >= 4 is 33.0 Å². The molecule has 0 aliphatic heterocycles. The summed E-state index contributed by atoms with van der Waals surface area (Å²) in [5.41, 5.74) is 1.53. The van der Waals surface area contributed by atoms with Crippen LogP contribution in [0.4, 0.5) is 17.1 Å². The van der Waals surface area contributed by atoms with E-state index >= 15 is 0 Å². The zero-order valence-electron chi connectivity index (χ0n) is 18.2. The Morgan fingerprint density at radius 2 is 1.70 bits per heavy atom. The monoisotopic (exact) mass is 468 g/mol. The second-order valence-corrected chi connectivity index (χ2v) is 9.29. The first kappa shape index (κ1) is 23.9. The van der Waals surface area contributed by atoms with Crippen LogP contribution in [0.1, 0.15) is 15.9 Å². The number of rotatable bonds is 9. The smallest absolute Gasteiger partial charge is 0.270 e. The van der Waals surface area contributed by atoms with Gasteiger partial charge >= 0.3 is 0 Å². The minimum Gasteiger partial charge on any atom is -0.322 e. The molecule has 2 N–H and O–H groups in total. The molecule has 0 spiro atoms. The predicted molar refractivity (Wildman–Crippen MR) is 127 cm³/mol. The van der Waals surface area contributed by atoms with Crippen LogP contribution in [0.25, 0.3) is 0 Å². The van der Waals surface area contributed by atoms with Crippen LogP contribution in [0.3, 0.4) is 0 Å². The summed E-state index contributed by atoms with van der Waals surface area (Å²) >= 11 is 0. The molecule has 0 saturated heterocycles. The van der Waals surface area contributed by atoms with Crippen LogP contribution in [0.15, 0.2) is 77.7 Å². The van der Waals surface area contributed by atoms with E-state index in [4.69, 9.17) is 0 Å². The SMILES string of the molecule is CN(C)CCc1ccc(NC(=O)c2ccccc2NS(=O)(=O)c2cccc([N+](=O)[O-])c2)cc1. The maximum Gasteiger partial charge on any atom is 0.270 e. The van der Waals surface area contributed by atoms with Crippen molar-refractivity contribution in [1.29, 1.82) is 0 Å². The maximum absolute atomic E-state index is 12.9. The lowest BCUT2D eigenvalue weighted by atomic mass is 10.1. The third-order valence-electron chi connectivity index (χ3n) is 4.81. The molecule has 0 radical (unpaired) electrons. The first-order valence-corrected chi connectivity index (χ1v) is 11.6. The number of para-hydroxylation sites is 1. The number of non-ortho nitro benzene ring substituents is 1. The van der Waals surface area contributed by atoms with Gasteiger partial charge in [0.2, 0.25) is 0 Å². The van der Waals surface area contributed by atoms with Crippen LogP contribution < -0.4 is 10.0 Å². The Labute approximate surface area is 192 Å². The Morgan fingerprint density at radius 3 is 2.36 bits per heavy atom. The summed E-state index contributed by atoms with van der Waals surface area (Å²) in [5.74, 6) is -0.492. The molecule has 0 aromatic heterocycles. The Bertz CT molecular complexity index is 1260. The minimum atomic E-state index is -4.16. The summed E-state index contributed by atoms with van der Waals surface area (Å²) in [6.07, 6.45) is 0.878. The Hall–Kier alpha value is -3.76. The molecule has 10 heteroatoms. The molecule has 0 fully saturated rings. The van der Waals surface area contributed by atoms with E-state index < -0.39 is 20.9 Å². The molecule has 33 heavy (non-hydrogen) atoms. The highest BCUT2D eigenvalue weighted by atomic mass is 32.2. The number of nitro benzene ring substituents is 1. The molecule has 1 amide bonds. The van der Waals surface area contributed by atoms with E-state index in [0.29, 0.717) is 5.69 Å². The Kier molecular flexibility index (Phi) is 7.41. The predicted octanol–water partition coefficient (Wildman–Crippen LogP) is 3.75. The summed E-state index contributed by atoms with van der Waals surface area (Å²) in [5, 5.41) is 13.7. The van der Waals surface area contributed by atoms with E-state index in [-0.39, 0.29) is 21.8 Å². The largest absolute Gasteiger partial charge is 0.322 e. The van der Waals surface area contributed by atoms with Crippen LogP contribution in [0.2, 0.25) is 0 Å². The van der Waals surface area contributed by atoms with E-state index in [2.05, 4.69) is 14.9 Å². The average molecular weight is 469 g/mol. The summed E-state index contributed by atoms with van der Waals surface area (Å²) in [6, 6.07) is 18.3. The van der Waals surface area contributed by atoms with Gasteiger partial charge in [-0.3, -0.25) is 19.6 Å². The van der Waals surface area contributed by atoms with Gasteiger partial charge in [0.1, 0.15) is 0 Å². The van der Waals surface area contributed by atoms with Crippen LogP contribution in [-0.2, 0) is 16.4 Å². The highest BCUT2D eigenvalue weighted by molar-refractivity contribution is 7.92. The number of nitrogens with one attached hydrogen (secondary N) is 2. The molecule has 0 atom stereocenters. The molecule has 0 heterocycles. The van der Waals surface area contributed by atoms with E-state index in [9.17, 15) is 23.3 Å². The fourth-order valence-electron chi connectivity index (χ4n) is 3.04. The number of hydrogen-bond acceptors (Lipinski definition) is 6. The second kappa shape index (κ2) is 10.2. The molecule has 0 bridgehead atoms. The average Bonchev–Trinajstić information content (AvgIpc) is 2.78. The highest BCUT2D eigenvalue weighted by Gasteiger charge is 2.21. The molecule has 3 rings (SSSR count). The number of benzene rings is 3. The molecule has 0 aliphatic rings. The van der Waals surface area contributed by atoms with Crippen LogP contribution in [-0.4, -0.2) is 44.8 Å². The second-order valence-electron chi connectivity index (χ2n) is 7.61. The van der Waals surface area contributed by atoms with Gasteiger partial charge in [-0.15, -0.1) is 0 Å². The van der Waals surface area contributed by atoms with Gasteiger partial charge in [0.15, 0.2) is 0 Å². The zero-order valence-corrected chi connectivity index (χ0v) is 19.0. The van der Waals surface area contributed by atoms with E-state index in [1.54, 1.807) is 24.3 Å². The van der Waals surface area contributed by atoms with Crippen molar-refractivity contribution < 1.29 is 18.1 Å². The first-order valence-electron chi connectivity index (χ1n) is 10.1. The van der Waals surface area contributed by atoms with Crippen LogP contribution >= 0.6 is 0 Å². The molecule has 0 saturated carbocycles. The molecule has 0 aliphatic carbocycles. The molecule has 0 unspecified atom stereocenters. The Morgan fingerprint density at radius 1 is 1.00 bits per heavy atom. The number of sulfonamides is 1. The lowest BCUT2D eigenvalue weighted by molar-refractivity contribution is -0.385. The topological polar surface area (TPSA) is 122 Å². The number of nitro groups is 1. The van der Waals surface area contributed by atoms with Gasteiger partial charge in [-0.05, 0) is 56.4 Å².